The fourth-order valence-corrected chi connectivity index (χ4v) is 3.25. The molecule has 2 aromatic rings. The summed E-state index contributed by atoms with van der Waals surface area (Å²) in [5.74, 6) is -0.271. The summed E-state index contributed by atoms with van der Waals surface area (Å²) in [7, 11) is -3.93. The highest BCUT2D eigenvalue weighted by molar-refractivity contribution is 7.92. The van der Waals surface area contributed by atoms with Crippen LogP contribution in [0.3, 0.4) is 0 Å². The van der Waals surface area contributed by atoms with Crippen LogP contribution in [-0.2, 0) is 14.8 Å². The lowest BCUT2D eigenvalue weighted by molar-refractivity contribution is -0.114. The van der Waals surface area contributed by atoms with E-state index >= 15 is 0 Å². The number of nitrogens with zero attached hydrogens (tertiary/aromatic N) is 3. The van der Waals surface area contributed by atoms with Crippen molar-refractivity contribution in [3.05, 3.63) is 42.7 Å². The quantitative estimate of drug-likeness (QED) is 0.800. The molecule has 2 rings (SSSR count). The van der Waals surface area contributed by atoms with Gasteiger partial charge in [0.05, 0.1) is 18.0 Å². The zero-order valence-corrected chi connectivity index (χ0v) is 13.2. The van der Waals surface area contributed by atoms with Gasteiger partial charge in [0.2, 0.25) is 11.9 Å². The number of hydrogen-bond acceptors (Lipinski definition) is 6. The van der Waals surface area contributed by atoms with Crippen LogP contribution in [0.4, 0.5) is 11.6 Å². The Bertz CT molecular complexity index is 763. The van der Waals surface area contributed by atoms with Crippen molar-refractivity contribution >= 4 is 27.6 Å². The highest BCUT2D eigenvalue weighted by Gasteiger charge is 2.26. The first-order valence-electron chi connectivity index (χ1n) is 6.73. The third-order valence-electron chi connectivity index (χ3n) is 2.84. The number of anilines is 2. The average molecular weight is 336 g/mol. The predicted molar refractivity (Wildman–Crippen MR) is 84.4 cm³/mol. The van der Waals surface area contributed by atoms with Crippen LogP contribution in [0.2, 0.25) is 0 Å². The molecule has 1 aromatic carbocycles. The summed E-state index contributed by atoms with van der Waals surface area (Å²) in [6, 6.07) is 7.27. The Hall–Kier alpha value is -2.52. The van der Waals surface area contributed by atoms with Crippen LogP contribution in [0.15, 0.2) is 47.6 Å². The number of benzene rings is 1. The number of rotatable bonds is 6. The third kappa shape index (κ3) is 4.02. The van der Waals surface area contributed by atoms with Crippen molar-refractivity contribution in [2.45, 2.75) is 11.8 Å². The monoisotopic (exact) mass is 336 g/mol. The van der Waals surface area contributed by atoms with Crippen LogP contribution >= 0.6 is 0 Å². The first kappa shape index (κ1) is 16.8. The molecule has 0 fully saturated rings. The number of sulfonamides is 1. The highest BCUT2D eigenvalue weighted by Crippen LogP contribution is 2.21. The van der Waals surface area contributed by atoms with Crippen molar-refractivity contribution in [2.75, 3.05) is 22.8 Å². The lowest BCUT2D eigenvalue weighted by Crippen LogP contribution is -2.35. The largest absolute Gasteiger partial charge is 0.394 e. The van der Waals surface area contributed by atoms with Crippen molar-refractivity contribution in [3.63, 3.8) is 0 Å². The SMILES string of the molecule is CC(=O)Nc1ccc(S(=O)(=O)N(CCO)c2ncccn2)cc1. The Morgan fingerprint density at radius 1 is 1.22 bits per heavy atom. The van der Waals surface area contributed by atoms with Gasteiger partial charge in [-0.25, -0.2) is 22.7 Å². The van der Waals surface area contributed by atoms with Gasteiger partial charge in [-0.1, -0.05) is 0 Å². The normalized spacial score (nSPS) is 11.0. The zero-order chi connectivity index (χ0) is 16.9. The van der Waals surface area contributed by atoms with Crippen molar-refractivity contribution in [3.8, 4) is 0 Å². The maximum absolute atomic E-state index is 12.7. The lowest BCUT2D eigenvalue weighted by atomic mass is 10.3. The van der Waals surface area contributed by atoms with Gasteiger partial charge in [-0.15, -0.1) is 0 Å². The standard InChI is InChI=1S/C14H16N4O4S/c1-11(20)17-12-3-5-13(6-4-12)23(21,22)18(9-10-19)14-15-7-2-8-16-14/h2-8,19H,9-10H2,1H3,(H,17,20). The van der Waals surface area contributed by atoms with Gasteiger partial charge in [0.1, 0.15) is 0 Å². The molecule has 0 saturated heterocycles. The Balaban J connectivity index is 2.36. The first-order valence-corrected chi connectivity index (χ1v) is 8.17. The summed E-state index contributed by atoms with van der Waals surface area (Å²) >= 11 is 0. The number of nitrogens with one attached hydrogen (secondary N) is 1. The van der Waals surface area contributed by atoms with Gasteiger partial charge in [-0.2, -0.15) is 0 Å². The van der Waals surface area contributed by atoms with Crippen molar-refractivity contribution < 1.29 is 18.3 Å². The Morgan fingerprint density at radius 2 is 1.83 bits per heavy atom. The fourth-order valence-electron chi connectivity index (χ4n) is 1.88. The van der Waals surface area contributed by atoms with E-state index in [1.807, 2.05) is 0 Å². The van der Waals surface area contributed by atoms with Gasteiger partial charge in [0, 0.05) is 25.0 Å². The molecule has 9 heteroatoms. The summed E-state index contributed by atoms with van der Waals surface area (Å²) in [5, 5.41) is 11.7. The Morgan fingerprint density at radius 3 is 2.35 bits per heavy atom. The first-order chi connectivity index (χ1) is 10.9. The number of aliphatic hydroxyl groups is 1. The number of amides is 1. The van der Waals surface area contributed by atoms with E-state index in [2.05, 4.69) is 15.3 Å². The van der Waals surface area contributed by atoms with Crippen LogP contribution in [0.25, 0.3) is 0 Å². The second-order valence-electron chi connectivity index (χ2n) is 4.56. The van der Waals surface area contributed by atoms with E-state index in [1.54, 1.807) is 6.07 Å². The zero-order valence-electron chi connectivity index (χ0n) is 12.4. The maximum atomic E-state index is 12.7. The molecule has 0 bridgehead atoms. The second-order valence-corrected chi connectivity index (χ2v) is 6.42. The van der Waals surface area contributed by atoms with E-state index in [1.165, 1.54) is 43.6 Å². The summed E-state index contributed by atoms with van der Waals surface area (Å²) in [4.78, 5) is 18.8. The summed E-state index contributed by atoms with van der Waals surface area (Å²) in [6.45, 7) is 0.821. The molecule has 0 aliphatic heterocycles. The number of carbonyl (C=O) groups is 1. The van der Waals surface area contributed by atoms with E-state index in [-0.39, 0.29) is 29.9 Å². The number of aromatic nitrogens is 2. The van der Waals surface area contributed by atoms with Gasteiger partial charge in [-0.05, 0) is 30.3 Å². The molecule has 8 nitrogen and oxygen atoms in total. The Labute approximate surface area is 133 Å². The number of aliphatic hydroxyl groups excluding tert-OH is 1. The predicted octanol–water partition coefficient (Wildman–Crippen LogP) is 0.623. The second kappa shape index (κ2) is 7.16. The highest BCUT2D eigenvalue weighted by atomic mass is 32.2. The van der Waals surface area contributed by atoms with Gasteiger partial charge in [-0.3, -0.25) is 4.79 Å². The van der Waals surface area contributed by atoms with Crippen LogP contribution in [0, 0.1) is 0 Å². The third-order valence-corrected chi connectivity index (χ3v) is 4.64. The molecule has 0 radical (unpaired) electrons. The fraction of sp³-hybridized carbons (Fsp3) is 0.214. The van der Waals surface area contributed by atoms with Gasteiger partial charge in [0.25, 0.3) is 10.0 Å². The van der Waals surface area contributed by atoms with Gasteiger partial charge >= 0.3 is 0 Å². The molecule has 1 amide bonds. The molecular formula is C14H16N4O4S. The van der Waals surface area contributed by atoms with Crippen molar-refractivity contribution in [1.29, 1.82) is 0 Å². The van der Waals surface area contributed by atoms with E-state index in [0.717, 1.165) is 4.31 Å². The van der Waals surface area contributed by atoms with Crippen LogP contribution < -0.4 is 9.62 Å². The minimum atomic E-state index is -3.93. The van der Waals surface area contributed by atoms with Crippen LogP contribution in [-0.4, -0.2) is 42.6 Å². The van der Waals surface area contributed by atoms with Crippen LogP contribution in [0.5, 0.6) is 0 Å². The number of carbonyl (C=O) groups excluding carboxylic acids is 1. The van der Waals surface area contributed by atoms with E-state index in [4.69, 9.17) is 5.11 Å². The smallest absolute Gasteiger partial charge is 0.266 e. The molecule has 0 atom stereocenters. The average Bonchev–Trinajstić information content (AvgIpc) is 2.53. The number of hydrogen-bond donors (Lipinski definition) is 2. The molecule has 23 heavy (non-hydrogen) atoms. The molecule has 0 saturated carbocycles. The van der Waals surface area contributed by atoms with E-state index in [0.29, 0.717) is 5.69 Å². The molecule has 122 valence electrons. The molecule has 0 aliphatic rings. The molecule has 2 N–H and O–H groups in total. The van der Waals surface area contributed by atoms with Gasteiger partial charge < -0.3 is 10.4 Å². The molecule has 1 heterocycles. The van der Waals surface area contributed by atoms with E-state index < -0.39 is 10.0 Å². The Kier molecular flexibility index (Phi) is 5.24. The van der Waals surface area contributed by atoms with Gasteiger partial charge in [0.15, 0.2) is 0 Å². The van der Waals surface area contributed by atoms with E-state index in [9.17, 15) is 13.2 Å². The van der Waals surface area contributed by atoms with Crippen LogP contribution in [0.1, 0.15) is 6.92 Å². The molecular weight excluding hydrogens is 320 g/mol. The topological polar surface area (TPSA) is 112 Å². The molecule has 0 unspecified atom stereocenters. The maximum Gasteiger partial charge on any atom is 0.266 e. The summed E-state index contributed by atoms with van der Waals surface area (Å²) in [5.41, 5.74) is 0.487. The summed E-state index contributed by atoms with van der Waals surface area (Å²) < 4.78 is 26.3. The molecule has 1 aromatic heterocycles. The minimum Gasteiger partial charge on any atom is -0.394 e. The molecule has 0 aliphatic carbocycles. The molecule has 0 spiro atoms. The lowest BCUT2D eigenvalue weighted by Gasteiger charge is -2.21. The van der Waals surface area contributed by atoms with Crippen molar-refractivity contribution in [2.24, 2.45) is 0 Å². The summed E-state index contributed by atoms with van der Waals surface area (Å²) in [6.07, 6.45) is 2.84. The van der Waals surface area contributed by atoms with Crippen molar-refractivity contribution in [1.82, 2.24) is 9.97 Å². The minimum absolute atomic E-state index is 0.00695.